The normalized spacial score (nSPS) is 25.8. The molecule has 144 valence electrons. The van der Waals surface area contributed by atoms with Gasteiger partial charge in [0.15, 0.2) is 0 Å². The summed E-state index contributed by atoms with van der Waals surface area (Å²) in [6, 6.07) is 0. The molecule has 25 heavy (non-hydrogen) atoms. The number of hydrogen-bond acceptors (Lipinski definition) is 5. The van der Waals surface area contributed by atoms with E-state index < -0.39 is 0 Å². The van der Waals surface area contributed by atoms with Crippen molar-refractivity contribution >= 4 is 11.8 Å². The Kier molecular flexibility index (Phi) is 7.22. The lowest BCUT2D eigenvalue weighted by molar-refractivity contribution is -0.132. The Morgan fingerprint density at radius 1 is 1.16 bits per heavy atom. The smallest absolute Gasteiger partial charge is 0.249 e. The molecule has 0 bridgehead atoms. The monoisotopic (exact) mass is 354 g/mol. The van der Waals surface area contributed by atoms with Crippen LogP contribution in [0.5, 0.6) is 0 Å². The lowest BCUT2D eigenvalue weighted by Crippen LogP contribution is -2.48. The van der Waals surface area contributed by atoms with Crippen molar-refractivity contribution in [2.75, 3.05) is 32.7 Å². The van der Waals surface area contributed by atoms with Crippen LogP contribution in [0.2, 0.25) is 0 Å². The lowest BCUT2D eigenvalue weighted by Gasteiger charge is -2.32. The number of piperidine rings is 1. The van der Waals surface area contributed by atoms with Gasteiger partial charge in [0.2, 0.25) is 11.8 Å². The van der Waals surface area contributed by atoms with E-state index in [-0.39, 0.29) is 29.6 Å². The second-order valence-corrected chi connectivity index (χ2v) is 8.32. The van der Waals surface area contributed by atoms with Crippen LogP contribution < -0.4 is 16.4 Å². The van der Waals surface area contributed by atoms with Gasteiger partial charge in [-0.25, -0.2) is 0 Å². The zero-order chi connectivity index (χ0) is 18.4. The SMILES string of the molecule is CC(C)(C)NC(=O)CN1CCC(CNC(=O)[C@@H]2CC[C@H](CN)O2)CC1. The molecule has 2 amide bonds. The fraction of sp³-hybridized carbons (Fsp3) is 0.889. The number of nitrogens with one attached hydrogen (secondary N) is 2. The third-order valence-electron chi connectivity index (χ3n) is 4.82. The molecule has 2 aliphatic heterocycles. The number of rotatable bonds is 6. The van der Waals surface area contributed by atoms with Gasteiger partial charge < -0.3 is 21.1 Å². The Bertz CT molecular complexity index is 456. The summed E-state index contributed by atoms with van der Waals surface area (Å²) >= 11 is 0. The van der Waals surface area contributed by atoms with Gasteiger partial charge in [0, 0.05) is 18.6 Å². The summed E-state index contributed by atoms with van der Waals surface area (Å²) in [6.07, 6.45) is 3.31. The fourth-order valence-corrected chi connectivity index (χ4v) is 3.44. The minimum atomic E-state index is -0.338. The summed E-state index contributed by atoms with van der Waals surface area (Å²) in [5.74, 6) is 0.535. The molecule has 0 aromatic carbocycles. The van der Waals surface area contributed by atoms with E-state index in [0.29, 0.717) is 25.6 Å². The molecule has 2 aliphatic rings. The van der Waals surface area contributed by atoms with Crippen LogP contribution in [-0.2, 0) is 14.3 Å². The maximum absolute atomic E-state index is 12.2. The zero-order valence-corrected chi connectivity index (χ0v) is 15.8. The largest absolute Gasteiger partial charge is 0.364 e. The van der Waals surface area contributed by atoms with E-state index >= 15 is 0 Å². The number of amides is 2. The van der Waals surface area contributed by atoms with Crippen LogP contribution >= 0.6 is 0 Å². The van der Waals surface area contributed by atoms with Crippen molar-refractivity contribution in [1.29, 1.82) is 0 Å². The van der Waals surface area contributed by atoms with Crippen molar-refractivity contribution in [3.63, 3.8) is 0 Å². The summed E-state index contributed by atoms with van der Waals surface area (Å²) in [5.41, 5.74) is 5.39. The van der Waals surface area contributed by atoms with Gasteiger partial charge >= 0.3 is 0 Å². The van der Waals surface area contributed by atoms with Crippen molar-refractivity contribution in [1.82, 2.24) is 15.5 Å². The number of carbonyl (C=O) groups excluding carboxylic acids is 2. The summed E-state index contributed by atoms with van der Waals surface area (Å²) < 4.78 is 5.62. The van der Waals surface area contributed by atoms with Crippen molar-refractivity contribution < 1.29 is 14.3 Å². The van der Waals surface area contributed by atoms with E-state index in [9.17, 15) is 9.59 Å². The molecule has 0 radical (unpaired) electrons. The number of nitrogens with two attached hydrogens (primary N) is 1. The first-order valence-corrected chi connectivity index (χ1v) is 9.43. The van der Waals surface area contributed by atoms with Gasteiger partial charge in [0.05, 0.1) is 12.6 Å². The molecule has 0 saturated carbocycles. The molecule has 7 nitrogen and oxygen atoms in total. The first-order chi connectivity index (χ1) is 11.8. The second kappa shape index (κ2) is 8.96. The fourth-order valence-electron chi connectivity index (χ4n) is 3.44. The number of carbonyl (C=O) groups is 2. The predicted octanol–water partition coefficient (Wildman–Crippen LogP) is 0.236. The van der Waals surface area contributed by atoms with Crippen molar-refractivity contribution in [2.45, 2.75) is 64.2 Å². The van der Waals surface area contributed by atoms with Crippen LogP contribution in [0.15, 0.2) is 0 Å². The standard InChI is InChI=1S/C18H34N4O3/c1-18(2,3)21-16(23)12-22-8-6-13(7-9-22)11-20-17(24)15-5-4-14(10-19)25-15/h13-15H,4-12,19H2,1-3H3,(H,20,24)(H,21,23)/t14-,15+/m1/s1. The molecule has 2 heterocycles. The average Bonchev–Trinajstić information content (AvgIpc) is 3.01. The molecule has 2 saturated heterocycles. The molecule has 7 heteroatoms. The maximum Gasteiger partial charge on any atom is 0.249 e. The summed E-state index contributed by atoms with van der Waals surface area (Å²) in [7, 11) is 0. The Morgan fingerprint density at radius 3 is 2.40 bits per heavy atom. The third kappa shape index (κ3) is 6.92. The van der Waals surface area contributed by atoms with Gasteiger partial charge in [-0.1, -0.05) is 0 Å². The molecule has 4 N–H and O–H groups in total. The molecule has 0 spiro atoms. The van der Waals surface area contributed by atoms with E-state index in [0.717, 1.165) is 38.8 Å². The van der Waals surface area contributed by atoms with Crippen molar-refractivity contribution in [3.05, 3.63) is 0 Å². The van der Waals surface area contributed by atoms with Crippen LogP contribution in [0.3, 0.4) is 0 Å². The van der Waals surface area contributed by atoms with Gasteiger partial charge in [0.25, 0.3) is 0 Å². The molecule has 2 rings (SSSR count). The molecule has 0 aromatic heterocycles. The van der Waals surface area contributed by atoms with Crippen molar-refractivity contribution in [2.24, 2.45) is 11.7 Å². The van der Waals surface area contributed by atoms with Gasteiger partial charge in [-0.15, -0.1) is 0 Å². The predicted molar refractivity (Wildman–Crippen MR) is 97.0 cm³/mol. The Hall–Kier alpha value is -1.18. The van der Waals surface area contributed by atoms with Crippen LogP contribution in [0.1, 0.15) is 46.5 Å². The quantitative estimate of drug-likeness (QED) is 0.635. The highest BCUT2D eigenvalue weighted by atomic mass is 16.5. The summed E-state index contributed by atoms with van der Waals surface area (Å²) in [4.78, 5) is 26.3. The molecule has 2 fully saturated rings. The van der Waals surface area contributed by atoms with E-state index in [2.05, 4.69) is 15.5 Å². The number of likely N-dealkylation sites (tertiary alicyclic amines) is 1. The summed E-state index contributed by atoms with van der Waals surface area (Å²) in [6.45, 7) is 9.38. The Labute approximate surface area is 151 Å². The van der Waals surface area contributed by atoms with Gasteiger partial charge in [-0.05, 0) is 65.5 Å². The van der Waals surface area contributed by atoms with Gasteiger partial charge in [-0.2, -0.15) is 0 Å². The Balaban J connectivity index is 1.62. The van der Waals surface area contributed by atoms with E-state index in [1.165, 1.54) is 0 Å². The highest BCUT2D eigenvalue weighted by Gasteiger charge is 2.30. The summed E-state index contributed by atoms with van der Waals surface area (Å²) in [5, 5.41) is 6.02. The Morgan fingerprint density at radius 2 is 1.84 bits per heavy atom. The number of ether oxygens (including phenoxy) is 1. The lowest BCUT2D eigenvalue weighted by atomic mass is 9.96. The highest BCUT2D eigenvalue weighted by molar-refractivity contribution is 5.81. The minimum absolute atomic E-state index is 0.0112. The topological polar surface area (TPSA) is 96.7 Å². The zero-order valence-electron chi connectivity index (χ0n) is 15.8. The van der Waals surface area contributed by atoms with E-state index in [1.54, 1.807) is 0 Å². The van der Waals surface area contributed by atoms with Crippen LogP contribution in [0.25, 0.3) is 0 Å². The maximum atomic E-state index is 12.2. The molecular formula is C18H34N4O3. The number of nitrogens with zero attached hydrogens (tertiary/aromatic N) is 1. The van der Waals surface area contributed by atoms with Crippen LogP contribution in [-0.4, -0.2) is 67.2 Å². The van der Waals surface area contributed by atoms with Crippen molar-refractivity contribution in [3.8, 4) is 0 Å². The first-order valence-electron chi connectivity index (χ1n) is 9.43. The number of hydrogen-bond donors (Lipinski definition) is 3. The molecule has 0 aliphatic carbocycles. The first kappa shape index (κ1) is 20.1. The second-order valence-electron chi connectivity index (χ2n) is 8.32. The van der Waals surface area contributed by atoms with Gasteiger partial charge in [-0.3, -0.25) is 14.5 Å². The molecule has 0 aromatic rings. The van der Waals surface area contributed by atoms with Gasteiger partial charge in [0.1, 0.15) is 6.10 Å². The highest BCUT2D eigenvalue weighted by Crippen LogP contribution is 2.20. The van der Waals surface area contributed by atoms with Crippen LogP contribution in [0, 0.1) is 5.92 Å². The minimum Gasteiger partial charge on any atom is -0.364 e. The molecule has 2 atom stereocenters. The van der Waals surface area contributed by atoms with E-state index in [1.807, 2.05) is 20.8 Å². The average molecular weight is 354 g/mol. The molecule has 0 unspecified atom stereocenters. The third-order valence-corrected chi connectivity index (χ3v) is 4.82. The van der Waals surface area contributed by atoms with E-state index in [4.69, 9.17) is 10.5 Å². The molecular weight excluding hydrogens is 320 g/mol. The van der Waals surface area contributed by atoms with Crippen LogP contribution in [0.4, 0.5) is 0 Å².